The molecule has 6 heteroatoms. The van der Waals surface area contributed by atoms with Gasteiger partial charge in [-0.2, -0.15) is 5.10 Å². The van der Waals surface area contributed by atoms with Gasteiger partial charge in [-0.15, -0.1) is 0 Å². The fourth-order valence-corrected chi connectivity index (χ4v) is 2.36. The largest absolute Gasteiger partial charge is 0.469 e. The molecular weight excluding hydrogens is 322 g/mol. The molecule has 0 aliphatic carbocycles. The van der Waals surface area contributed by atoms with Gasteiger partial charge in [-0.3, -0.25) is 4.79 Å². The van der Waals surface area contributed by atoms with Crippen LogP contribution in [-0.4, -0.2) is 15.8 Å². The lowest BCUT2D eigenvalue weighted by Crippen LogP contribution is -2.27. The molecule has 5 nitrogen and oxygen atoms in total. The van der Waals surface area contributed by atoms with Crippen molar-refractivity contribution < 1.29 is 4.42 Å². The predicted molar refractivity (Wildman–Crippen MR) is 82.1 cm³/mol. The van der Waals surface area contributed by atoms with E-state index in [2.05, 4.69) is 26.3 Å². The smallest absolute Gasteiger partial charge is 0.283 e. The van der Waals surface area contributed by atoms with Crippen molar-refractivity contribution in [3.63, 3.8) is 0 Å². The summed E-state index contributed by atoms with van der Waals surface area (Å²) in [5.74, 6) is 0.907. The fraction of sp³-hybridized carbons (Fsp3) is 0.429. The molecule has 20 heavy (non-hydrogen) atoms. The number of nitrogens with one attached hydrogen (secondary N) is 1. The number of hydrogen-bond donors (Lipinski definition) is 1. The maximum Gasteiger partial charge on any atom is 0.283 e. The van der Waals surface area contributed by atoms with Crippen molar-refractivity contribution in [2.24, 2.45) is 0 Å². The van der Waals surface area contributed by atoms with Gasteiger partial charge in [-0.25, -0.2) is 4.68 Å². The summed E-state index contributed by atoms with van der Waals surface area (Å²) in [6.45, 7) is 5.88. The average molecular weight is 340 g/mol. The third-order valence-corrected chi connectivity index (χ3v) is 3.69. The Balaban J connectivity index is 2.14. The number of halogens is 1. The van der Waals surface area contributed by atoms with Crippen LogP contribution in [-0.2, 0) is 6.42 Å². The molecule has 0 bridgehead atoms. The first-order valence-electron chi connectivity index (χ1n) is 6.55. The van der Waals surface area contributed by atoms with Crippen LogP contribution < -0.4 is 10.9 Å². The van der Waals surface area contributed by atoms with E-state index in [4.69, 9.17) is 4.42 Å². The van der Waals surface area contributed by atoms with E-state index in [1.165, 1.54) is 4.68 Å². The van der Waals surface area contributed by atoms with Crippen LogP contribution in [0.15, 0.2) is 38.3 Å². The highest BCUT2D eigenvalue weighted by Gasteiger charge is 2.13. The molecule has 0 amide bonds. The van der Waals surface area contributed by atoms with E-state index in [-0.39, 0.29) is 17.6 Å². The quantitative estimate of drug-likeness (QED) is 0.908. The van der Waals surface area contributed by atoms with Gasteiger partial charge in [0.05, 0.1) is 24.2 Å². The van der Waals surface area contributed by atoms with Gasteiger partial charge in [0, 0.05) is 12.5 Å². The number of nitrogens with zero attached hydrogens (tertiary/aromatic N) is 2. The van der Waals surface area contributed by atoms with E-state index in [9.17, 15) is 4.79 Å². The lowest BCUT2D eigenvalue weighted by molar-refractivity contribution is 0.494. The molecule has 2 heterocycles. The third kappa shape index (κ3) is 3.30. The van der Waals surface area contributed by atoms with Gasteiger partial charge in [0.15, 0.2) is 0 Å². The van der Waals surface area contributed by atoms with Crippen LogP contribution in [0.3, 0.4) is 0 Å². The standard InChI is InChI=1S/C14H18BrN3O2/c1-9(2)18-14(19)13(15)12(8-16-18)17-10(3)7-11-5-4-6-20-11/h4-6,8-10,17H,7H2,1-3H3. The van der Waals surface area contributed by atoms with Gasteiger partial charge in [0.25, 0.3) is 5.56 Å². The monoisotopic (exact) mass is 339 g/mol. The zero-order valence-electron chi connectivity index (χ0n) is 11.8. The highest BCUT2D eigenvalue weighted by Crippen LogP contribution is 2.19. The molecular formula is C14H18BrN3O2. The summed E-state index contributed by atoms with van der Waals surface area (Å²) in [6, 6.07) is 3.97. The molecule has 0 spiro atoms. The normalized spacial score (nSPS) is 12.7. The second-order valence-electron chi connectivity index (χ2n) is 5.04. The number of hydrogen-bond acceptors (Lipinski definition) is 4. The first kappa shape index (κ1) is 14.8. The second-order valence-corrected chi connectivity index (χ2v) is 5.84. The van der Waals surface area contributed by atoms with Gasteiger partial charge in [0.2, 0.25) is 0 Å². The van der Waals surface area contributed by atoms with E-state index >= 15 is 0 Å². The number of anilines is 1. The average Bonchev–Trinajstić information content (AvgIpc) is 2.87. The van der Waals surface area contributed by atoms with Crippen LogP contribution >= 0.6 is 15.9 Å². The molecule has 0 aliphatic rings. The molecule has 0 saturated heterocycles. The molecule has 0 aromatic carbocycles. The van der Waals surface area contributed by atoms with E-state index in [0.717, 1.165) is 12.2 Å². The molecule has 108 valence electrons. The number of furan rings is 1. The minimum absolute atomic E-state index is 0.0355. The fourth-order valence-electron chi connectivity index (χ4n) is 1.96. The van der Waals surface area contributed by atoms with Crippen LogP contribution in [0.5, 0.6) is 0 Å². The van der Waals surface area contributed by atoms with Crippen molar-refractivity contribution in [1.29, 1.82) is 0 Å². The minimum Gasteiger partial charge on any atom is -0.469 e. The Morgan fingerprint density at radius 1 is 1.45 bits per heavy atom. The van der Waals surface area contributed by atoms with Gasteiger partial charge >= 0.3 is 0 Å². The summed E-state index contributed by atoms with van der Waals surface area (Å²) < 4.78 is 7.27. The van der Waals surface area contributed by atoms with E-state index in [1.807, 2.05) is 32.9 Å². The minimum atomic E-state index is -0.129. The Labute approximate surface area is 126 Å². The van der Waals surface area contributed by atoms with Crippen molar-refractivity contribution in [3.05, 3.63) is 45.2 Å². The topological polar surface area (TPSA) is 60.1 Å². The maximum absolute atomic E-state index is 12.1. The van der Waals surface area contributed by atoms with Crippen LogP contribution in [0.4, 0.5) is 5.69 Å². The van der Waals surface area contributed by atoms with Crippen LogP contribution in [0, 0.1) is 0 Å². The molecule has 2 aromatic rings. The predicted octanol–water partition coefficient (Wildman–Crippen LogP) is 3.22. The highest BCUT2D eigenvalue weighted by atomic mass is 79.9. The first-order valence-corrected chi connectivity index (χ1v) is 7.34. The third-order valence-electron chi connectivity index (χ3n) is 2.92. The molecule has 1 N–H and O–H groups in total. The molecule has 0 fully saturated rings. The van der Waals surface area contributed by atoms with Crippen molar-refractivity contribution in [2.45, 2.75) is 39.3 Å². The highest BCUT2D eigenvalue weighted by molar-refractivity contribution is 9.10. The Kier molecular flexibility index (Phi) is 4.65. The second kappa shape index (κ2) is 6.26. The summed E-state index contributed by atoms with van der Waals surface area (Å²) in [4.78, 5) is 12.1. The van der Waals surface area contributed by atoms with E-state index < -0.39 is 0 Å². The molecule has 0 aliphatic heterocycles. The van der Waals surface area contributed by atoms with Crippen molar-refractivity contribution in [2.75, 3.05) is 5.32 Å². The van der Waals surface area contributed by atoms with Gasteiger partial charge in [-0.05, 0) is 48.8 Å². The zero-order chi connectivity index (χ0) is 14.7. The molecule has 0 saturated carbocycles. The van der Waals surface area contributed by atoms with E-state index in [0.29, 0.717) is 10.2 Å². The lowest BCUT2D eigenvalue weighted by Gasteiger charge is -2.16. The summed E-state index contributed by atoms with van der Waals surface area (Å²) >= 11 is 3.35. The zero-order valence-corrected chi connectivity index (χ0v) is 13.3. The Bertz CT molecular complexity index is 620. The molecule has 1 atom stereocenters. The Hall–Kier alpha value is -1.56. The van der Waals surface area contributed by atoms with Crippen molar-refractivity contribution in [3.8, 4) is 0 Å². The molecule has 2 rings (SSSR count). The maximum atomic E-state index is 12.1. The van der Waals surface area contributed by atoms with Crippen molar-refractivity contribution >= 4 is 21.6 Å². The van der Waals surface area contributed by atoms with Gasteiger partial charge in [0.1, 0.15) is 10.2 Å². The molecule has 2 aromatic heterocycles. The first-order chi connectivity index (χ1) is 9.49. The van der Waals surface area contributed by atoms with Crippen LogP contribution in [0.1, 0.15) is 32.6 Å². The number of aromatic nitrogens is 2. The van der Waals surface area contributed by atoms with E-state index in [1.54, 1.807) is 12.5 Å². The summed E-state index contributed by atoms with van der Waals surface area (Å²) in [5.41, 5.74) is 0.571. The van der Waals surface area contributed by atoms with Crippen molar-refractivity contribution in [1.82, 2.24) is 9.78 Å². The Morgan fingerprint density at radius 3 is 2.80 bits per heavy atom. The van der Waals surface area contributed by atoms with Crippen LogP contribution in [0.25, 0.3) is 0 Å². The summed E-state index contributed by atoms with van der Waals surface area (Å²) in [7, 11) is 0. The molecule has 1 unspecified atom stereocenters. The summed E-state index contributed by atoms with van der Waals surface area (Å²) in [6.07, 6.45) is 4.07. The van der Waals surface area contributed by atoms with Gasteiger partial charge in [-0.1, -0.05) is 0 Å². The summed E-state index contributed by atoms with van der Waals surface area (Å²) in [5, 5.41) is 7.45. The Morgan fingerprint density at radius 2 is 2.20 bits per heavy atom. The SMILES string of the molecule is CC(Cc1ccco1)Nc1cnn(C(C)C)c(=O)c1Br. The number of rotatable bonds is 5. The van der Waals surface area contributed by atoms with Crippen LogP contribution in [0.2, 0.25) is 0 Å². The molecule has 0 radical (unpaired) electrons. The lowest BCUT2D eigenvalue weighted by atomic mass is 10.2. The van der Waals surface area contributed by atoms with Gasteiger partial charge < -0.3 is 9.73 Å².